The number of nitrogens with two attached hydrogens (primary N) is 2. The number of aromatic nitrogens is 10. The highest BCUT2D eigenvalue weighted by Gasteiger charge is 2.46. The quantitative estimate of drug-likeness (QED) is 0.120. The molecule has 78 heavy (non-hydrogen) atoms. The molecule has 2 fully saturated rings. The van der Waals surface area contributed by atoms with Gasteiger partial charge in [-0.05, 0) is 108 Å². The lowest BCUT2D eigenvalue weighted by molar-refractivity contribution is -0.143. The number of anilines is 4. The van der Waals surface area contributed by atoms with Crippen molar-refractivity contribution in [2.75, 3.05) is 49.5 Å². The molecule has 12 rings (SSSR count). The summed E-state index contributed by atoms with van der Waals surface area (Å²) in [6, 6.07) is 9.61. The van der Waals surface area contributed by atoms with E-state index in [-0.39, 0.29) is 48.7 Å². The molecule has 8 aromatic heterocycles. The highest BCUT2D eigenvalue weighted by Crippen LogP contribution is 2.49. The van der Waals surface area contributed by atoms with Crippen LogP contribution in [0.15, 0.2) is 96.0 Å². The van der Waals surface area contributed by atoms with Crippen LogP contribution in [-0.4, -0.2) is 125 Å². The zero-order valence-electron chi connectivity index (χ0n) is 43.2. The van der Waals surface area contributed by atoms with Gasteiger partial charge in [0.15, 0.2) is 12.1 Å². The minimum absolute atomic E-state index is 0.0694. The van der Waals surface area contributed by atoms with Crippen molar-refractivity contribution in [3.8, 4) is 22.5 Å². The molecular weight excluding hydrogens is 1000 g/mol. The summed E-state index contributed by atoms with van der Waals surface area (Å²) in [6.45, 7) is 4.07. The van der Waals surface area contributed by atoms with Gasteiger partial charge < -0.3 is 41.0 Å². The predicted octanol–water partition coefficient (Wildman–Crippen LogP) is 4.75. The molecule has 10 heterocycles. The number of methoxy groups -OCH3 is 2. The van der Waals surface area contributed by atoms with E-state index in [1.54, 1.807) is 58.7 Å². The lowest BCUT2D eigenvalue weighted by Gasteiger charge is -2.11. The summed E-state index contributed by atoms with van der Waals surface area (Å²) >= 11 is 0. The van der Waals surface area contributed by atoms with Gasteiger partial charge in [-0.15, -0.1) is 0 Å². The number of fused-ring (bicyclic) bond motifs is 2. The van der Waals surface area contributed by atoms with Crippen LogP contribution in [0.2, 0.25) is 0 Å². The lowest BCUT2D eigenvalue weighted by Crippen LogP contribution is -2.21. The van der Waals surface area contributed by atoms with Gasteiger partial charge in [0.2, 0.25) is 23.6 Å². The fourth-order valence-electron chi connectivity index (χ4n) is 9.59. The molecule has 0 radical (unpaired) electrons. The number of nitrogen functional groups attached to an aromatic ring is 2. The van der Waals surface area contributed by atoms with Crippen LogP contribution in [0.5, 0.6) is 0 Å². The normalized spacial score (nSPS) is 19.9. The Balaban J connectivity index is 0.000000165. The molecule has 4 aliphatic rings. The number of pyridine rings is 6. The van der Waals surface area contributed by atoms with Crippen molar-refractivity contribution < 1.29 is 38.1 Å². The molecule has 24 heteroatoms. The van der Waals surface area contributed by atoms with Gasteiger partial charge in [0, 0.05) is 85.0 Å². The maximum Gasteiger partial charge on any atom is 0.334 e. The number of amides is 2. The second-order valence-electron chi connectivity index (χ2n) is 19.5. The molecule has 0 aromatic carbocycles. The summed E-state index contributed by atoms with van der Waals surface area (Å²) in [5.41, 5.74) is 20.2. The first-order valence-corrected chi connectivity index (χ1v) is 24.8. The van der Waals surface area contributed by atoms with E-state index in [4.69, 9.17) is 30.4 Å². The maximum atomic E-state index is 12.8. The summed E-state index contributed by atoms with van der Waals surface area (Å²) < 4.78 is 24.1. The Hall–Kier alpha value is -9.74. The monoisotopic (exact) mass is 1050 g/mol. The van der Waals surface area contributed by atoms with Crippen LogP contribution in [0.1, 0.15) is 58.3 Å². The first kappa shape index (κ1) is 50.4. The molecule has 6 atom stereocenters. The standard InChI is InChI=1S/2C27H26N8O4/c2*1-13-4-21(26-33-22(12-39-26)27(37)38-3)29-9-18(13)20-5-14-6-23(30-10-19(14)24(28)32-20)34-25(36)17-7-16(17)15-8-31-35(2)11-15/h2*4-6,8-11,16-17,22H,7,12H2,1-3H3,(H2,28,32)(H,30,34,36)/t16-,17+,22+;16-,17+,22-/m10/s1. The summed E-state index contributed by atoms with van der Waals surface area (Å²) in [7, 11) is 6.35. The van der Waals surface area contributed by atoms with Crippen molar-refractivity contribution in [1.29, 1.82) is 0 Å². The molecule has 0 spiro atoms. The molecule has 2 aliphatic heterocycles. The third-order valence-corrected chi connectivity index (χ3v) is 14.0. The number of ether oxygens (including phenoxy) is 4. The Kier molecular flexibility index (Phi) is 13.2. The zero-order chi connectivity index (χ0) is 54.5. The van der Waals surface area contributed by atoms with Crippen molar-refractivity contribution in [1.82, 2.24) is 49.5 Å². The van der Waals surface area contributed by atoms with Crippen molar-refractivity contribution in [3.05, 3.63) is 120 Å². The Morgan fingerprint density at radius 3 is 1.37 bits per heavy atom. The zero-order valence-corrected chi connectivity index (χ0v) is 43.2. The lowest BCUT2D eigenvalue weighted by atomic mass is 10.0. The number of carbonyl (C=O) groups excluding carboxylic acids is 4. The molecule has 0 saturated heterocycles. The molecule has 0 unspecified atom stereocenters. The molecule has 8 aromatic rings. The highest BCUT2D eigenvalue weighted by molar-refractivity contribution is 6.02. The number of esters is 2. The highest BCUT2D eigenvalue weighted by atomic mass is 16.5. The van der Waals surface area contributed by atoms with Gasteiger partial charge in [-0.3, -0.25) is 28.9 Å². The maximum absolute atomic E-state index is 12.8. The van der Waals surface area contributed by atoms with Gasteiger partial charge >= 0.3 is 11.9 Å². The first-order valence-electron chi connectivity index (χ1n) is 24.8. The Morgan fingerprint density at radius 1 is 0.577 bits per heavy atom. The van der Waals surface area contributed by atoms with Crippen LogP contribution in [0.3, 0.4) is 0 Å². The molecule has 24 nitrogen and oxygen atoms in total. The number of aliphatic imine (C=N–C) groups is 2. The van der Waals surface area contributed by atoms with Crippen LogP contribution >= 0.6 is 0 Å². The number of carbonyl (C=O) groups is 4. The van der Waals surface area contributed by atoms with E-state index in [1.165, 1.54) is 14.2 Å². The molecule has 6 N–H and O–H groups in total. The van der Waals surface area contributed by atoms with E-state index in [0.717, 1.165) is 57.0 Å². The van der Waals surface area contributed by atoms with E-state index < -0.39 is 24.0 Å². The number of rotatable bonds is 12. The second-order valence-corrected chi connectivity index (χ2v) is 19.5. The molecule has 2 amide bonds. The third kappa shape index (κ3) is 10.2. The van der Waals surface area contributed by atoms with Crippen LogP contribution in [0.25, 0.3) is 44.1 Å². The summed E-state index contributed by atoms with van der Waals surface area (Å²) in [6.07, 6.45) is 15.6. The Bertz CT molecular complexity index is 3570. The minimum Gasteiger partial charge on any atom is -0.473 e. The number of hydrogen-bond donors (Lipinski definition) is 4. The van der Waals surface area contributed by atoms with Gasteiger partial charge in [-0.25, -0.2) is 39.5 Å². The van der Waals surface area contributed by atoms with Crippen molar-refractivity contribution >= 4 is 80.4 Å². The van der Waals surface area contributed by atoms with Gasteiger partial charge in [-0.1, -0.05) is 0 Å². The van der Waals surface area contributed by atoms with Crippen molar-refractivity contribution in [2.45, 2.75) is 50.6 Å². The second kappa shape index (κ2) is 20.4. The van der Waals surface area contributed by atoms with E-state index >= 15 is 0 Å². The van der Waals surface area contributed by atoms with E-state index in [1.807, 2.05) is 64.6 Å². The topological polar surface area (TPSA) is 319 Å². The van der Waals surface area contributed by atoms with Gasteiger partial charge in [0.25, 0.3) is 0 Å². The fraction of sp³-hybridized carbons (Fsp3) is 0.296. The third-order valence-electron chi connectivity index (χ3n) is 14.0. The van der Waals surface area contributed by atoms with E-state index in [9.17, 15) is 19.2 Å². The van der Waals surface area contributed by atoms with Crippen molar-refractivity contribution in [2.24, 2.45) is 35.9 Å². The van der Waals surface area contributed by atoms with Crippen LogP contribution in [0.4, 0.5) is 23.3 Å². The van der Waals surface area contributed by atoms with E-state index in [2.05, 4.69) is 60.7 Å². The summed E-state index contributed by atoms with van der Waals surface area (Å²) in [5.74, 6) is 1.21. The minimum atomic E-state index is -0.696. The predicted molar refractivity (Wildman–Crippen MR) is 286 cm³/mol. The smallest absolute Gasteiger partial charge is 0.334 e. The Labute approximate surface area is 444 Å². The fourth-order valence-corrected chi connectivity index (χ4v) is 9.59. The van der Waals surface area contributed by atoms with Crippen molar-refractivity contribution in [3.63, 3.8) is 0 Å². The Morgan fingerprint density at radius 2 is 1.00 bits per heavy atom. The van der Waals surface area contributed by atoms with Gasteiger partial charge in [0.1, 0.15) is 47.9 Å². The number of aryl methyl sites for hydroxylation is 4. The summed E-state index contributed by atoms with van der Waals surface area (Å²) in [4.78, 5) is 84.6. The molecule has 0 bridgehead atoms. The van der Waals surface area contributed by atoms with Gasteiger partial charge in [0.05, 0.1) is 38.0 Å². The van der Waals surface area contributed by atoms with Crippen LogP contribution in [-0.2, 0) is 52.2 Å². The van der Waals surface area contributed by atoms with Crippen LogP contribution in [0, 0.1) is 25.7 Å². The summed E-state index contributed by atoms with van der Waals surface area (Å²) in [5, 5.41) is 17.2. The number of hydrogen-bond acceptors (Lipinski definition) is 20. The largest absolute Gasteiger partial charge is 0.473 e. The average molecular weight is 1050 g/mol. The first-order chi connectivity index (χ1) is 37.6. The molecular formula is C54H52N16O8. The van der Waals surface area contributed by atoms with E-state index in [0.29, 0.717) is 68.6 Å². The molecule has 396 valence electrons. The SMILES string of the molecule is COC(=O)[C@@H]1COC(c2cc(C)c(-c3cc4cc(NC(=O)[C@@H]5C[C@H]5c5cnn(C)c5)ncc4c(N)n3)cn2)=N1.COC(=O)[C@@H]1COC(c2cc(C)c(-c3cc4cc(NC(=O)[C@H]5C[C@@H]5c5cnn(C)c5)ncc4c(N)n3)cn2)=N1. The van der Waals surface area contributed by atoms with Crippen LogP contribution < -0.4 is 22.1 Å². The number of nitrogens with one attached hydrogen (secondary N) is 2. The van der Waals surface area contributed by atoms with Gasteiger partial charge in [-0.2, -0.15) is 10.2 Å². The average Bonchev–Trinajstić information content (AvgIpc) is 4.20. The molecule has 2 saturated carbocycles. The number of nitrogens with zero attached hydrogens (tertiary/aromatic N) is 12. The molecule has 2 aliphatic carbocycles.